The number of nitrogens with one attached hydrogen (secondary N) is 1. The fourth-order valence-corrected chi connectivity index (χ4v) is 2.62. The Bertz CT molecular complexity index is 403. The van der Waals surface area contributed by atoms with Crippen LogP contribution in [0.5, 0.6) is 0 Å². The van der Waals surface area contributed by atoms with Crippen LogP contribution in [0.25, 0.3) is 0 Å². The van der Waals surface area contributed by atoms with Crippen LogP contribution in [0, 0.1) is 0 Å². The summed E-state index contributed by atoms with van der Waals surface area (Å²) in [6, 6.07) is -0.226. The van der Waals surface area contributed by atoms with Crippen molar-refractivity contribution in [3.05, 3.63) is 0 Å². The predicted octanol–water partition coefficient (Wildman–Crippen LogP) is 0.582. The highest BCUT2D eigenvalue weighted by molar-refractivity contribution is 5.78. The van der Waals surface area contributed by atoms with Crippen molar-refractivity contribution in [3.8, 4) is 0 Å². The monoisotopic (exact) mass is 309 g/mol. The van der Waals surface area contributed by atoms with Gasteiger partial charge in [0.2, 0.25) is 5.91 Å². The zero-order valence-electron chi connectivity index (χ0n) is 11.5. The van der Waals surface area contributed by atoms with E-state index in [1.165, 1.54) is 4.90 Å². The molecule has 120 valence electrons. The number of hydrogen-bond acceptors (Lipinski definition) is 3. The molecule has 2 rings (SSSR count). The van der Waals surface area contributed by atoms with Crippen LogP contribution in [0.4, 0.5) is 18.0 Å². The molecule has 0 aromatic rings. The normalized spacial score (nSPS) is 23.4. The molecule has 0 radical (unpaired) electrons. The number of nitrogens with zero attached hydrogens (tertiary/aromatic N) is 2. The van der Waals surface area contributed by atoms with Crippen molar-refractivity contribution < 1.29 is 27.5 Å². The number of urea groups is 1. The molecule has 2 aliphatic heterocycles. The van der Waals surface area contributed by atoms with Crippen molar-refractivity contribution in [2.45, 2.75) is 25.1 Å². The Kier molecular flexibility index (Phi) is 4.92. The Morgan fingerprint density at radius 1 is 1.38 bits per heavy atom. The van der Waals surface area contributed by atoms with Crippen LogP contribution in [-0.4, -0.2) is 73.3 Å². The van der Waals surface area contributed by atoms with Gasteiger partial charge in [0.05, 0.1) is 6.04 Å². The minimum Gasteiger partial charge on any atom is -0.362 e. The number of likely N-dealkylation sites (tertiary alicyclic amines) is 1. The molecular formula is C12H18F3N3O3. The molecule has 21 heavy (non-hydrogen) atoms. The summed E-state index contributed by atoms with van der Waals surface area (Å²) < 4.78 is 40.3. The van der Waals surface area contributed by atoms with Crippen LogP contribution >= 0.6 is 0 Å². The van der Waals surface area contributed by atoms with Crippen molar-refractivity contribution in [1.29, 1.82) is 0 Å². The van der Waals surface area contributed by atoms with Crippen molar-refractivity contribution in [2.75, 3.05) is 39.4 Å². The fourth-order valence-electron chi connectivity index (χ4n) is 2.62. The molecule has 1 unspecified atom stereocenters. The number of carbonyl (C=O) groups is 2. The number of amides is 3. The SMILES string of the molecule is O=C(COCC(F)(F)F)N1CCCC(N2CCNC2=O)C1. The maximum atomic E-state index is 12.0. The van der Waals surface area contributed by atoms with E-state index in [0.29, 0.717) is 26.2 Å². The van der Waals surface area contributed by atoms with E-state index in [-0.39, 0.29) is 12.1 Å². The summed E-state index contributed by atoms with van der Waals surface area (Å²) in [5.74, 6) is -0.469. The summed E-state index contributed by atoms with van der Waals surface area (Å²) in [6.45, 7) is -0.00115. The molecule has 2 heterocycles. The number of alkyl halides is 3. The van der Waals surface area contributed by atoms with Gasteiger partial charge in [-0.1, -0.05) is 0 Å². The van der Waals surface area contributed by atoms with E-state index in [9.17, 15) is 22.8 Å². The minimum absolute atomic E-state index is 0.0761. The van der Waals surface area contributed by atoms with Crippen LogP contribution in [0.2, 0.25) is 0 Å². The topological polar surface area (TPSA) is 61.9 Å². The van der Waals surface area contributed by atoms with Gasteiger partial charge in [-0.15, -0.1) is 0 Å². The van der Waals surface area contributed by atoms with Gasteiger partial charge in [0.25, 0.3) is 0 Å². The van der Waals surface area contributed by atoms with E-state index >= 15 is 0 Å². The molecule has 9 heteroatoms. The van der Waals surface area contributed by atoms with Gasteiger partial charge in [-0.2, -0.15) is 13.2 Å². The molecule has 1 atom stereocenters. The molecule has 3 amide bonds. The van der Waals surface area contributed by atoms with Gasteiger partial charge in [0, 0.05) is 26.2 Å². The molecular weight excluding hydrogens is 291 g/mol. The first-order valence-corrected chi connectivity index (χ1v) is 6.83. The lowest BCUT2D eigenvalue weighted by Gasteiger charge is -2.37. The Morgan fingerprint density at radius 2 is 2.14 bits per heavy atom. The van der Waals surface area contributed by atoms with E-state index in [2.05, 4.69) is 10.1 Å². The van der Waals surface area contributed by atoms with Gasteiger partial charge >= 0.3 is 12.2 Å². The summed E-state index contributed by atoms with van der Waals surface area (Å²) in [6.07, 6.45) is -2.92. The van der Waals surface area contributed by atoms with Gasteiger partial charge in [-0.05, 0) is 12.8 Å². The summed E-state index contributed by atoms with van der Waals surface area (Å²) in [5.41, 5.74) is 0. The van der Waals surface area contributed by atoms with Gasteiger partial charge in [0.1, 0.15) is 13.2 Å². The average Bonchev–Trinajstić information content (AvgIpc) is 2.83. The third-order valence-electron chi connectivity index (χ3n) is 3.57. The number of carbonyl (C=O) groups excluding carboxylic acids is 2. The number of halogens is 3. The molecule has 2 fully saturated rings. The molecule has 0 aromatic heterocycles. The predicted molar refractivity (Wildman–Crippen MR) is 66.6 cm³/mol. The van der Waals surface area contributed by atoms with Crippen LogP contribution < -0.4 is 5.32 Å². The van der Waals surface area contributed by atoms with E-state index < -0.39 is 25.3 Å². The summed E-state index contributed by atoms with van der Waals surface area (Å²) in [7, 11) is 0. The molecule has 1 N–H and O–H groups in total. The third kappa shape index (κ3) is 4.48. The molecule has 0 aliphatic carbocycles. The number of hydrogen-bond donors (Lipinski definition) is 1. The first-order valence-electron chi connectivity index (χ1n) is 6.83. The molecule has 2 saturated heterocycles. The number of rotatable bonds is 4. The van der Waals surface area contributed by atoms with Gasteiger partial charge in [-0.25, -0.2) is 4.79 Å². The summed E-state index contributed by atoms with van der Waals surface area (Å²) in [4.78, 5) is 26.6. The molecule has 6 nitrogen and oxygen atoms in total. The average molecular weight is 309 g/mol. The van der Waals surface area contributed by atoms with Crippen LogP contribution in [0.3, 0.4) is 0 Å². The second-order valence-corrected chi connectivity index (χ2v) is 5.17. The first kappa shape index (κ1) is 15.9. The Hall–Kier alpha value is -1.51. The van der Waals surface area contributed by atoms with E-state index in [0.717, 1.165) is 12.8 Å². The van der Waals surface area contributed by atoms with Crippen LogP contribution in [-0.2, 0) is 9.53 Å². The first-order chi connectivity index (χ1) is 9.87. The van der Waals surface area contributed by atoms with Gasteiger partial charge < -0.3 is 19.9 Å². The fraction of sp³-hybridized carbons (Fsp3) is 0.833. The second-order valence-electron chi connectivity index (χ2n) is 5.17. The maximum absolute atomic E-state index is 12.0. The van der Waals surface area contributed by atoms with Gasteiger partial charge in [0.15, 0.2) is 0 Å². The second kappa shape index (κ2) is 6.50. The highest BCUT2D eigenvalue weighted by atomic mass is 19.4. The van der Waals surface area contributed by atoms with Crippen molar-refractivity contribution in [2.24, 2.45) is 0 Å². The quantitative estimate of drug-likeness (QED) is 0.826. The van der Waals surface area contributed by atoms with Crippen LogP contribution in [0.15, 0.2) is 0 Å². The molecule has 2 aliphatic rings. The Morgan fingerprint density at radius 3 is 2.76 bits per heavy atom. The molecule has 0 saturated carbocycles. The zero-order chi connectivity index (χ0) is 15.5. The molecule has 0 bridgehead atoms. The lowest BCUT2D eigenvalue weighted by atomic mass is 10.0. The Labute approximate surface area is 120 Å². The number of piperidine rings is 1. The molecule has 0 aromatic carbocycles. The van der Waals surface area contributed by atoms with E-state index in [4.69, 9.17) is 0 Å². The standard InChI is InChI=1S/C12H18F3N3O3/c13-12(14,15)8-21-7-10(19)17-4-1-2-9(6-17)18-5-3-16-11(18)20/h9H,1-8H2,(H,16,20). The van der Waals surface area contributed by atoms with Gasteiger partial charge in [-0.3, -0.25) is 4.79 Å². The van der Waals surface area contributed by atoms with Crippen molar-refractivity contribution in [1.82, 2.24) is 15.1 Å². The highest BCUT2D eigenvalue weighted by Gasteiger charge is 2.33. The largest absolute Gasteiger partial charge is 0.411 e. The lowest BCUT2D eigenvalue weighted by molar-refractivity contribution is -0.178. The number of ether oxygens (including phenoxy) is 1. The summed E-state index contributed by atoms with van der Waals surface area (Å²) >= 11 is 0. The highest BCUT2D eigenvalue weighted by Crippen LogP contribution is 2.18. The molecule has 0 spiro atoms. The zero-order valence-corrected chi connectivity index (χ0v) is 11.5. The Balaban J connectivity index is 1.80. The van der Waals surface area contributed by atoms with Crippen LogP contribution in [0.1, 0.15) is 12.8 Å². The summed E-state index contributed by atoms with van der Waals surface area (Å²) in [5, 5.41) is 2.70. The maximum Gasteiger partial charge on any atom is 0.411 e. The minimum atomic E-state index is -4.43. The smallest absolute Gasteiger partial charge is 0.362 e. The van der Waals surface area contributed by atoms with Crippen molar-refractivity contribution in [3.63, 3.8) is 0 Å². The third-order valence-corrected chi connectivity index (χ3v) is 3.57. The van der Waals surface area contributed by atoms with E-state index in [1.54, 1.807) is 4.90 Å². The van der Waals surface area contributed by atoms with E-state index in [1.807, 2.05) is 0 Å². The van der Waals surface area contributed by atoms with Crippen molar-refractivity contribution >= 4 is 11.9 Å². The lowest BCUT2D eigenvalue weighted by Crippen LogP contribution is -2.51.